The minimum Gasteiger partial charge on any atom is -0.456 e. The van der Waals surface area contributed by atoms with E-state index in [1.807, 2.05) is 0 Å². The van der Waals surface area contributed by atoms with Crippen LogP contribution in [0.2, 0.25) is 0 Å². The average Bonchev–Trinajstić information content (AvgIpc) is 4.21. The fraction of sp³-hybridized carbons (Fsp3) is 0. The van der Waals surface area contributed by atoms with Gasteiger partial charge in [0.25, 0.3) is 6.71 Å². The number of furan rings is 2. The molecular formula is C72H43BN2O2. The van der Waals surface area contributed by atoms with Crippen LogP contribution >= 0.6 is 0 Å². The zero-order valence-corrected chi connectivity index (χ0v) is 41.6. The molecule has 0 unspecified atom stereocenters. The molecule has 0 fully saturated rings. The van der Waals surface area contributed by atoms with E-state index >= 15 is 0 Å². The molecule has 0 bridgehead atoms. The van der Waals surface area contributed by atoms with E-state index in [9.17, 15) is 0 Å². The van der Waals surface area contributed by atoms with Gasteiger partial charge in [0.05, 0.1) is 11.2 Å². The summed E-state index contributed by atoms with van der Waals surface area (Å²) in [7, 11) is 0. The summed E-state index contributed by atoms with van der Waals surface area (Å²) in [5.74, 6) is 0. The fourth-order valence-corrected chi connectivity index (χ4v) is 13.2. The number of hydrogen-bond acceptors (Lipinski definition) is 3. The monoisotopic (exact) mass is 978 g/mol. The second-order valence-electron chi connectivity index (χ2n) is 20.7. The van der Waals surface area contributed by atoms with Gasteiger partial charge in [-0.1, -0.05) is 194 Å². The lowest BCUT2D eigenvalue weighted by molar-refractivity contribution is 0.669. The fourth-order valence-electron chi connectivity index (χ4n) is 13.2. The Morgan fingerprint density at radius 1 is 0.273 bits per heavy atom. The Balaban J connectivity index is 0.971. The van der Waals surface area contributed by atoms with Crippen molar-refractivity contribution in [2.45, 2.75) is 0 Å². The smallest absolute Gasteiger partial charge is 0.252 e. The van der Waals surface area contributed by atoms with E-state index in [0.29, 0.717) is 0 Å². The van der Waals surface area contributed by atoms with Crippen molar-refractivity contribution in [3.05, 3.63) is 261 Å². The maximum atomic E-state index is 7.15. The number of hydrogen-bond donors (Lipinski definition) is 0. The highest BCUT2D eigenvalue weighted by atomic mass is 16.3. The summed E-state index contributed by atoms with van der Waals surface area (Å²) in [4.78, 5) is 2.57. The molecule has 0 aliphatic carbocycles. The van der Waals surface area contributed by atoms with E-state index in [1.54, 1.807) is 0 Å². The molecule has 356 valence electrons. The van der Waals surface area contributed by atoms with E-state index in [4.69, 9.17) is 8.83 Å². The number of anilines is 3. The van der Waals surface area contributed by atoms with Crippen molar-refractivity contribution in [2.24, 2.45) is 0 Å². The molecule has 15 aromatic rings. The van der Waals surface area contributed by atoms with Crippen LogP contribution in [0.3, 0.4) is 0 Å². The molecule has 0 saturated carbocycles. The van der Waals surface area contributed by atoms with Crippen LogP contribution in [0, 0.1) is 0 Å². The van der Waals surface area contributed by atoms with E-state index in [0.717, 1.165) is 100.0 Å². The molecule has 4 nitrogen and oxygen atoms in total. The van der Waals surface area contributed by atoms with Crippen molar-refractivity contribution in [1.82, 2.24) is 4.57 Å². The van der Waals surface area contributed by atoms with Crippen molar-refractivity contribution in [2.75, 3.05) is 4.90 Å². The van der Waals surface area contributed by atoms with Gasteiger partial charge in [-0.2, -0.15) is 0 Å². The largest absolute Gasteiger partial charge is 0.456 e. The Morgan fingerprint density at radius 2 is 0.844 bits per heavy atom. The minimum atomic E-state index is -0.125. The molecule has 5 heteroatoms. The van der Waals surface area contributed by atoms with E-state index in [1.165, 1.54) is 60.5 Å². The van der Waals surface area contributed by atoms with Gasteiger partial charge in [-0.15, -0.1) is 0 Å². The quantitative estimate of drug-likeness (QED) is 0.156. The van der Waals surface area contributed by atoms with E-state index < -0.39 is 0 Å². The second kappa shape index (κ2) is 16.2. The predicted octanol–water partition coefficient (Wildman–Crippen LogP) is 17.5. The summed E-state index contributed by atoms with van der Waals surface area (Å²) in [6.07, 6.45) is 0. The normalized spacial score (nSPS) is 12.6. The van der Waals surface area contributed by atoms with Crippen LogP contribution in [-0.2, 0) is 0 Å². The Hall–Kier alpha value is -10.1. The first kappa shape index (κ1) is 42.3. The van der Waals surface area contributed by atoms with Gasteiger partial charge in [-0.3, -0.25) is 0 Å². The highest BCUT2D eigenvalue weighted by Crippen LogP contribution is 2.49. The van der Waals surface area contributed by atoms with Crippen molar-refractivity contribution in [3.8, 4) is 61.3 Å². The van der Waals surface area contributed by atoms with Gasteiger partial charge in [-0.05, 0) is 127 Å². The Morgan fingerprint density at radius 3 is 1.66 bits per heavy atom. The van der Waals surface area contributed by atoms with Gasteiger partial charge >= 0.3 is 0 Å². The van der Waals surface area contributed by atoms with Gasteiger partial charge < -0.3 is 18.3 Å². The number of aromatic nitrogens is 1. The van der Waals surface area contributed by atoms with Gasteiger partial charge in [0, 0.05) is 66.5 Å². The highest BCUT2D eigenvalue weighted by Gasteiger charge is 2.43. The summed E-state index contributed by atoms with van der Waals surface area (Å²) < 4.78 is 16.4. The van der Waals surface area contributed by atoms with Crippen LogP contribution in [-0.4, -0.2) is 11.3 Å². The number of para-hydroxylation sites is 3. The van der Waals surface area contributed by atoms with Crippen molar-refractivity contribution in [3.63, 3.8) is 0 Å². The Labute approximate surface area is 444 Å². The summed E-state index contributed by atoms with van der Waals surface area (Å²) in [6.45, 7) is -0.125. The van der Waals surface area contributed by atoms with Crippen LogP contribution in [0.4, 0.5) is 17.1 Å². The molecular weight excluding hydrogens is 936 g/mol. The number of fused-ring (bicyclic) bond motifs is 13. The molecule has 3 aromatic heterocycles. The van der Waals surface area contributed by atoms with Crippen molar-refractivity contribution in [1.29, 1.82) is 0 Å². The van der Waals surface area contributed by atoms with Crippen LogP contribution in [0.15, 0.2) is 270 Å². The third-order valence-corrected chi connectivity index (χ3v) is 16.6. The molecule has 12 aromatic carbocycles. The summed E-state index contributed by atoms with van der Waals surface area (Å²) in [5, 5.41) is 6.84. The summed E-state index contributed by atoms with van der Waals surface area (Å²) in [6, 6.07) is 95.3. The molecule has 0 saturated heterocycles. The van der Waals surface area contributed by atoms with Crippen molar-refractivity contribution < 1.29 is 8.83 Å². The van der Waals surface area contributed by atoms with Gasteiger partial charge in [-0.25, -0.2) is 0 Å². The molecule has 2 aliphatic heterocycles. The van der Waals surface area contributed by atoms with Crippen LogP contribution < -0.4 is 21.3 Å². The molecule has 0 atom stereocenters. The molecule has 77 heavy (non-hydrogen) atoms. The zero-order valence-electron chi connectivity index (χ0n) is 41.6. The molecule has 0 spiro atoms. The molecule has 5 heterocycles. The molecule has 0 N–H and O–H groups in total. The number of rotatable bonds is 6. The maximum absolute atomic E-state index is 7.15. The first-order valence-corrected chi connectivity index (χ1v) is 26.5. The van der Waals surface area contributed by atoms with E-state index in [-0.39, 0.29) is 6.71 Å². The van der Waals surface area contributed by atoms with Crippen LogP contribution in [0.5, 0.6) is 0 Å². The highest BCUT2D eigenvalue weighted by molar-refractivity contribution is 7.00. The Bertz CT molecular complexity index is 4930. The Kier molecular flexibility index (Phi) is 8.90. The SMILES string of the molecule is c1ccc(-c2cccc(-c3ccccc3N3c4cc5c(cc4B4c6c3cc(-c3ccccc3)cc6-n3c6cc7oc8ccccc8c7cc6c6cccc4c63)oc3cc(-c4ccccc4-c4ccccc4)ccc35)c2)cc1. The van der Waals surface area contributed by atoms with E-state index in [2.05, 4.69) is 270 Å². The zero-order chi connectivity index (χ0) is 50.3. The molecule has 2 aliphatic rings. The first-order valence-electron chi connectivity index (χ1n) is 26.5. The second-order valence-corrected chi connectivity index (χ2v) is 20.7. The lowest BCUT2D eigenvalue weighted by atomic mass is 9.33. The lowest BCUT2D eigenvalue weighted by Crippen LogP contribution is -2.60. The van der Waals surface area contributed by atoms with Crippen LogP contribution in [0.1, 0.15) is 0 Å². The molecule has 17 rings (SSSR count). The predicted molar refractivity (Wildman–Crippen MR) is 322 cm³/mol. The third kappa shape index (κ3) is 6.23. The summed E-state index contributed by atoms with van der Waals surface area (Å²) >= 11 is 0. The maximum Gasteiger partial charge on any atom is 0.252 e. The van der Waals surface area contributed by atoms with Gasteiger partial charge in [0.15, 0.2) is 0 Å². The average molecular weight is 979 g/mol. The topological polar surface area (TPSA) is 34.5 Å². The van der Waals surface area contributed by atoms with Gasteiger partial charge in [0.2, 0.25) is 0 Å². The standard InChI is InChI=1S/C72H43BN2O2/c1-4-18-44(19-5-1)47-24-16-25-48(36-47)53-28-12-14-32-62(53)74-64-41-59-55-35-34-49(52-27-11-10-26-51(52)46-22-8-3-9-23-46)39-68(55)77-69(59)42-61(64)73-60-31-17-30-56-57-40-58-54-29-13-15-33-67(54)76-70(58)43-63(57)75(72(56)60)66-38-50(37-65(74)71(66)73)45-20-6-2-7-21-45/h1-43H. The summed E-state index contributed by atoms with van der Waals surface area (Å²) in [5.41, 5.74) is 25.7. The van der Waals surface area contributed by atoms with Gasteiger partial charge in [0.1, 0.15) is 22.3 Å². The third-order valence-electron chi connectivity index (χ3n) is 16.6. The molecule has 0 radical (unpaired) electrons. The number of benzene rings is 12. The van der Waals surface area contributed by atoms with Crippen molar-refractivity contribution >= 4 is 106 Å². The minimum absolute atomic E-state index is 0.125. The molecule has 0 amide bonds. The first-order chi connectivity index (χ1) is 38.2. The number of nitrogens with zero attached hydrogens (tertiary/aromatic N) is 2. The van der Waals surface area contributed by atoms with Crippen LogP contribution in [0.25, 0.3) is 127 Å². The lowest BCUT2D eigenvalue weighted by Gasteiger charge is -2.41.